The molecule has 0 bridgehead atoms. The van der Waals surface area contributed by atoms with Crippen LogP contribution < -0.4 is 0 Å². The van der Waals surface area contributed by atoms with Crippen molar-refractivity contribution in [3.63, 3.8) is 0 Å². The highest BCUT2D eigenvalue weighted by atomic mass is 127. The molecule has 2 rings (SSSR count). The Hall–Kier alpha value is -1.15. The summed E-state index contributed by atoms with van der Waals surface area (Å²) in [5.41, 5.74) is 0.0252. The van der Waals surface area contributed by atoms with Crippen LogP contribution >= 0.6 is 22.6 Å². The monoisotopic (exact) mass is 348 g/mol. The molecule has 0 spiro atoms. The van der Waals surface area contributed by atoms with Crippen LogP contribution in [0.1, 0.15) is 20.7 Å². The van der Waals surface area contributed by atoms with Crippen LogP contribution in [0.3, 0.4) is 0 Å². The molecule has 1 unspecified atom stereocenters. The second kappa shape index (κ2) is 5.01. The fraction of sp³-hybridized carbons (Fsp3) is 0.273. The molecule has 1 N–H and O–H groups in total. The van der Waals surface area contributed by atoms with E-state index in [1.807, 2.05) is 22.6 Å². The number of rotatable bonds is 4. The molecule has 1 aliphatic rings. The van der Waals surface area contributed by atoms with Crippen LogP contribution in [-0.2, 0) is 9.47 Å². The molecule has 1 aromatic carbocycles. The lowest BCUT2D eigenvalue weighted by Gasteiger charge is -2.06. The molecule has 0 radical (unpaired) electrons. The third-order valence-electron chi connectivity index (χ3n) is 2.23. The minimum atomic E-state index is -1.14. The summed E-state index contributed by atoms with van der Waals surface area (Å²) in [7, 11) is 0. The van der Waals surface area contributed by atoms with Gasteiger partial charge in [0.15, 0.2) is 0 Å². The van der Waals surface area contributed by atoms with Gasteiger partial charge in [-0.25, -0.2) is 9.59 Å². The van der Waals surface area contributed by atoms with Gasteiger partial charge in [-0.05, 0) is 40.8 Å². The first-order valence-electron chi connectivity index (χ1n) is 4.89. The highest BCUT2D eigenvalue weighted by Crippen LogP contribution is 2.16. The van der Waals surface area contributed by atoms with Gasteiger partial charge in [0.2, 0.25) is 0 Å². The Kier molecular flexibility index (Phi) is 3.63. The van der Waals surface area contributed by atoms with E-state index in [0.29, 0.717) is 6.61 Å². The highest BCUT2D eigenvalue weighted by molar-refractivity contribution is 14.1. The molecule has 1 aromatic rings. The molecule has 0 saturated carbocycles. The van der Waals surface area contributed by atoms with Crippen LogP contribution in [0.15, 0.2) is 18.2 Å². The van der Waals surface area contributed by atoms with Crippen molar-refractivity contribution < 1.29 is 24.2 Å². The average Bonchev–Trinajstić information content (AvgIpc) is 3.09. The van der Waals surface area contributed by atoms with Gasteiger partial charge in [0, 0.05) is 3.57 Å². The summed E-state index contributed by atoms with van der Waals surface area (Å²) in [6.45, 7) is 0.760. The van der Waals surface area contributed by atoms with Crippen molar-refractivity contribution in [3.8, 4) is 0 Å². The number of epoxide rings is 1. The Morgan fingerprint density at radius 2 is 2.18 bits per heavy atom. The molecular weight excluding hydrogens is 339 g/mol. The second-order valence-electron chi connectivity index (χ2n) is 3.55. The molecule has 5 nitrogen and oxygen atoms in total. The molecule has 1 heterocycles. The number of carbonyl (C=O) groups is 2. The van der Waals surface area contributed by atoms with E-state index in [-0.39, 0.29) is 23.8 Å². The summed E-state index contributed by atoms with van der Waals surface area (Å²) in [6, 6.07) is 4.56. The lowest BCUT2D eigenvalue weighted by atomic mass is 10.1. The van der Waals surface area contributed by atoms with E-state index in [2.05, 4.69) is 0 Å². The lowest BCUT2D eigenvalue weighted by molar-refractivity contribution is 0.0467. The Balaban J connectivity index is 2.17. The van der Waals surface area contributed by atoms with Crippen LogP contribution in [0.5, 0.6) is 0 Å². The SMILES string of the molecule is O=C(O)c1cc(I)ccc1C(=O)OCC1CO1. The first kappa shape index (κ1) is 12.3. The number of hydrogen-bond acceptors (Lipinski definition) is 4. The minimum absolute atomic E-state index is 0.0314. The molecule has 0 amide bonds. The summed E-state index contributed by atoms with van der Waals surface area (Å²) < 4.78 is 10.6. The molecule has 1 aliphatic heterocycles. The summed E-state index contributed by atoms with van der Waals surface area (Å²) in [5.74, 6) is -1.77. The highest BCUT2D eigenvalue weighted by Gasteiger charge is 2.25. The van der Waals surface area contributed by atoms with E-state index >= 15 is 0 Å². The van der Waals surface area contributed by atoms with Gasteiger partial charge in [-0.3, -0.25) is 0 Å². The van der Waals surface area contributed by atoms with E-state index in [1.165, 1.54) is 12.1 Å². The van der Waals surface area contributed by atoms with Gasteiger partial charge in [-0.1, -0.05) is 0 Å². The smallest absolute Gasteiger partial charge is 0.339 e. The Morgan fingerprint density at radius 1 is 1.47 bits per heavy atom. The molecule has 1 fully saturated rings. The molecule has 0 aromatic heterocycles. The molecular formula is C11H9IO5. The minimum Gasteiger partial charge on any atom is -0.478 e. The zero-order chi connectivity index (χ0) is 12.4. The summed E-state index contributed by atoms with van der Waals surface area (Å²) in [5, 5.41) is 8.99. The van der Waals surface area contributed by atoms with Crippen LogP contribution in [0.4, 0.5) is 0 Å². The second-order valence-corrected chi connectivity index (χ2v) is 4.79. The molecule has 17 heavy (non-hydrogen) atoms. The summed E-state index contributed by atoms with van der Waals surface area (Å²) in [4.78, 5) is 22.7. The van der Waals surface area contributed by atoms with Crippen LogP contribution in [0.2, 0.25) is 0 Å². The third-order valence-corrected chi connectivity index (χ3v) is 2.91. The maximum atomic E-state index is 11.7. The predicted molar refractivity (Wildman–Crippen MR) is 66.1 cm³/mol. The molecule has 90 valence electrons. The number of aromatic carboxylic acids is 1. The van der Waals surface area contributed by atoms with Crippen LogP contribution in [0, 0.1) is 3.57 Å². The van der Waals surface area contributed by atoms with E-state index < -0.39 is 11.9 Å². The van der Waals surface area contributed by atoms with Crippen molar-refractivity contribution in [2.45, 2.75) is 6.10 Å². The van der Waals surface area contributed by atoms with Gasteiger partial charge in [-0.2, -0.15) is 0 Å². The Bertz CT molecular complexity index is 467. The number of benzene rings is 1. The first-order valence-corrected chi connectivity index (χ1v) is 5.97. The fourth-order valence-electron chi connectivity index (χ4n) is 1.28. The maximum Gasteiger partial charge on any atom is 0.339 e. The van der Waals surface area contributed by atoms with E-state index in [0.717, 1.165) is 3.57 Å². The quantitative estimate of drug-likeness (QED) is 0.508. The fourth-order valence-corrected chi connectivity index (χ4v) is 1.77. The zero-order valence-corrected chi connectivity index (χ0v) is 10.8. The summed E-state index contributed by atoms with van der Waals surface area (Å²) in [6.07, 6.45) is -0.0314. The van der Waals surface area contributed by atoms with Crippen molar-refractivity contribution in [2.24, 2.45) is 0 Å². The van der Waals surface area contributed by atoms with Crippen LogP contribution in [0.25, 0.3) is 0 Å². The lowest BCUT2D eigenvalue weighted by Crippen LogP contribution is -2.14. The van der Waals surface area contributed by atoms with Crippen molar-refractivity contribution in [2.75, 3.05) is 13.2 Å². The number of esters is 1. The zero-order valence-electron chi connectivity index (χ0n) is 8.68. The van der Waals surface area contributed by atoms with E-state index in [1.54, 1.807) is 6.07 Å². The number of carboxylic acid groups (broad SMARTS) is 1. The average molecular weight is 348 g/mol. The maximum absolute atomic E-state index is 11.7. The van der Waals surface area contributed by atoms with Crippen molar-refractivity contribution >= 4 is 34.5 Å². The number of carbonyl (C=O) groups excluding carboxylic acids is 1. The first-order chi connectivity index (χ1) is 8.08. The van der Waals surface area contributed by atoms with Gasteiger partial charge < -0.3 is 14.6 Å². The van der Waals surface area contributed by atoms with Gasteiger partial charge in [0.05, 0.1) is 17.7 Å². The third kappa shape index (κ3) is 3.16. The van der Waals surface area contributed by atoms with Gasteiger partial charge in [0.25, 0.3) is 0 Å². The molecule has 1 atom stereocenters. The number of halogens is 1. The number of ether oxygens (including phenoxy) is 2. The standard InChI is InChI=1S/C11H9IO5/c12-6-1-2-8(9(3-6)10(13)14)11(15)17-5-7-4-16-7/h1-3,7H,4-5H2,(H,13,14). The van der Waals surface area contributed by atoms with Gasteiger partial charge >= 0.3 is 11.9 Å². The number of hydrogen-bond donors (Lipinski definition) is 1. The summed E-state index contributed by atoms with van der Waals surface area (Å²) >= 11 is 1.99. The topological polar surface area (TPSA) is 76.1 Å². The largest absolute Gasteiger partial charge is 0.478 e. The van der Waals surface area contributed by atoms with Gasteiger partial charge in [0.1, 0.15) is 12.7 Å². The van der Waals surface area contributed by atoms with Crippen molar-refractivity contribution in [1.29, 1.82) is 0 Å². The van der Waals surface area contributed by atoms with Gasteiger partial charge in [-0.15, -0.1) is 0 Å². The molecule has 1 saturated heterocycles. The molecule has 6 heteroatoms. The van der Waals surface area contributed by atoms with Crippen molar-refractivity contribution in [1.82, 2.24) is 0 Å². The van der Waals surface area contributed by atoms with Crippen molar-refractivity contribution in [3.05, 3.63) is 32.9 Å². The van der Waals surface area contributed by atoms with Crippen LogP contribution in [-0.4, -0.2) is 36.4 Å². The Labute approximate surface area is 111 Å². The number of carboxylic acids is 1. The van der Waals surface area contributed by atoms with E-state index in [4.69, 9.17) is 14.6 Å². The predicted octanol–water partition coefficient (Wildman–Crippen LogP) is 1.55. The Morgan fingerprint density at radius 3 is 2.76 bits per heavy atom. The van der Waals surface area contributed by atoms with E-state index in [9.17, 15) is 9.59 Å². The normalized spacial score (nSPS) is 17.6. The molecule has 0 aliphatic carbocycles.